The van der Waals surface area contributed by atoms with E-state index in [0.717, 1.165) is 29.8 Å². The van der Waals surface area contributed by atoms with E-state index in [0.29, 0.717) is 40.1 Å². The summed E-state index contributed by atoms with van der Waals surface area (Å²) in [6.45, 7) is 1.47. The minimum atomic E-state index is -0.129. The first-order chi connectivity index (χ1) is 18.5. The van der Waals surface area contributed by atoms with Crippen LogP contribution in [0, 0.1) is 0 Å². The Labute approximate surface area is 219 Å². The predicted molar refractivity (Wildman–Crippen MR) is 147 cm³/mol. The number of fused-ring (bicyclic) bond motifs is 1. The minimum Gasteiger partial charge on any atom is -0.349 e. The molecule has 0 unspecified atom stereocenters. The molecule has 2 heterocycles. The second kappa shape index (κ2) is 9.78. The molecule has 0 spiro atoms. The fourth-order valence-electron chi connectivity index (χ4n) is 4.14. The molecule has 0 atom stereocenters. The molecule has 1 aliphatic rings. The SMILES string of the molecule is CC(=O)Nc1ccc(Nc2nc(-c3ccc(C(=O)NC4CC4)cc3)nc3c2ncn3-c2ccccc2)cc1. The average Bonchev–Trinajstić information content (AvgIpc) is 3.64. The standard InChI is InChI=1S/C29H25N7O2/c1-18(37)31-21-11-13-22(14-12-21)32-27-25-28(36(17-30-25)24-5-3-2-4-6-24)35-26(34-27)19-7-9-20(10-8-19)29(38)33-23-15-16-23/h2-14,17,23H,15-16H2,1H3,(H,31,37)(H,33,38)(H,32,34,35). The number of para-hydroxylation sites is 1. The molecular formula is C29H25N7O2. The molecule has 38 heavy (non-hydrogen) atoms. The van der Waals surface area contributed by atoms with Crippen molar-refractivity contribution in [2.75, 3.05) is 10.6 Å². The van der Waals surface area contributed by atoms with Crippen molar-refractivity contribution in [3.05, 3.63) is 90.8 Å². The molecule has 188 valence electrons. The molecule has 1 aliphatic carbocycles. The van der Waals surface area contributed by atoms with Gasteiger partial charge in [-0.2, -0.15) is 0 Å². The zero-order valence-electron chi connectivity index (χ0n) is 20.7. The van der Waals surface area contributed by atoms with Crippen molar-refractivity contribution in [2.24, 2.45) is 0 Å². The molecule has 0 bridgehead atoms. The lowest BCUT2D eigenvalue weighted by molar-refractivity contribution is -0.114. The van der Waals surface area contributed by atoms with Crippen LogP contribution in [0.5, 0.6) is 0 Å². The van der Waals surface area contributed by atoms with Crippen LogP contribution in [-0.2, 0) is 4.79 Å². The van der Waals surface area contributed by atoms with Crippen LogP contribution < -0.4 is 16.0 Å². The fraction of sp³-hybridized carbons (Fsp3) is 0.138. The molecule has 9 nitrogen and oxygen atoms in total. The lowest BCUT2D eigenvalue weighted by atomic mass is 10.1. The molecule has 3 N–H and O–H groups in total. The van der Waals surface area contributed by atoms with Crippen molar-refractivity contribution in [1.82, 2.24) is 24.8 Å². The maximum atomic E-state index is 12.4. The fourth-order valence-corrected chi connectivity index (χ4v) is 4.14. The Morgan fingerprint density at radius 3 is 2.26 bits per heavy atom. The van der Waals surface area contributed by atoms with Gasteiger partial charge in [0.1, 0.15) is 6.33 Å². The second-order valence-electron chi connectivity index (χ2n) is 9.23. The largest absolute Gasteiger partial charge is 0.349 e. The van der Waals surface area contributed by atoms with Crippen LogP contribution in [0.2, 0.25) is 0 Å². The van der Waals surface area contributed by atoms with Gasteiger partial charge in [0.2, 0.25) is 5.91 Å². The van der Waals surface area contributed by atoms with E-state index in [4.69, 9.17) is 9.97 Å². The number of benzene rings is 3. The van der Waals surface area contributed by atoms with Gasteiger partial charge in [-0.1, -0.05) is 30.3 Å². The first-order valence-electron chi connectivity index (χ1n) is 12.4. The summed E-state index contributed by atoms with van der Waals surface area (Å²) in [6, 6.07) is 24.8. The van der Waals surface area contributed by atoms with Gasteiger partial charge in [-0.15, -0.1) is 0 Å². The summed E-state index contributed by atoms with van der Waals surface area (Å²) < 4.78 is 1.92. The van der Waals surface area contributed by atoms with Crippen molar-refractivity contribution < 1.29 is 9.59 Å². The first-order valence-corrected chi connectivity index (χ1v) is 12.4. The zero-order chi connectivity index (χ0) is 26.1. The molecule has 1 fully saturated rings. The number of hydrogen-bond donors (Lipinski definition) is 3. The number of nitrogens with zero attached hydrogens (tertiary/aromatic N) is 4. The third-order valence-electron chi connectivity index (χ3n) is 6.22. The Morgan fingerprint density at radius 1 is 0.868 bits per heavy atom. The molecule has 0 saturated heterocycles. The van der Waals surface area contributed by atoms with Crippen LogP contribution in [0.15, 0.2) is 85.2 Å². The van der Waals surface area contributed by atoms with E-state index in [2.05, 4.69) is 20.9 Å². The van der Waals surface area contributed by atoms with Gasteiger partial charge in [0.05, 0.1) is 0 Å². The second-order valence-corrected chi connectivity index (χ2v) is 9.23. The third-order valence-corrected chi connectivity index (χ3v) is 6.22. The summed E-state index contributed by atoms with van der Waals surface area (Å²) in [5.41, 5.74) is 5.06. The average molecular weight is 504 g/mol. The van der Waals surface area contributed by atoms with Crippen molar-refractivity contribution >= 4 is 40.2 Å². The number of carbonyl (C=O) groups excluding carboxylic acids is 2. The number of hydrogen-bond acceptors (Lipinski definition) is 6. The Morgan fingerprint density at radius 2 is 1.58 bits per heavy atom. The lowest BCUT2D eigenvalue weighted by Crippen LogP contribution is -2.25. The number of carbonyl (C=O) groups is 2. The highest BCUT2D eigenvalue weighted by molar-refractivity contribution is 5.95. The highest BCUT2D eigenvalue weighted by atomic mass is 16.2. The normalized spacial score (nSPS) is 12.8. The maximum Gasteiger partial charge on any atom is 0.251 e. The maximum absolute atomic E-state index is 12.4. The molecule has 5 aromatic rings. The summed E-state index contributed by atoms with van der Waals surface area (Å²) in [5, 5.41) is 9.14. The Hall–Kier alpha value is -5.05. The summed E-state index contributed by atoms with van der Waals surface area (Å²) in [7, 11) is 0. The highest BCUT2D eigenvalue weighted by Gasteiger charge is 2.24. The van der Waals surface area contributed by atoms with E-state index in [1.165, 1.54) is 6.92 Å². The summed E-state index contributed by atoms with van der Waals surface area (Å²) in [5.74, 6) is 0.849. The number of anilines is 3. The minimum absolute atomic E-state index is 0.0670. The molecule has 9 heteroatoms. The molecule has 6 rings (SSSR count). The highest BCUT2D eigenvalue weighted by Crippen LogP contribution is 2.29. The van der Waals surface area contributed by atoms with Gasteiger partial charge in [-0.25, -0.2) is 15.0 Å². The molecule has 3 aromatic carbocycles. The van der Waals surface area contributed by atoms with Crippen molar-refractivity contribution in [3.8, 4) is 17.1 Å². The van der Waals surface area contributed by atoms with E-state index < -0.39 is 0 Å². The molecule has 0 aliphatic heterocycles. The number of rotatable bonds is 7. The monoisotopic (exact) mass is 503 g/mol. The smallest absolute Gasteiger partial charge is 0.251 e. The van der Waals surface area contributed by atoms with Crippen LogP contribution in [0.25, 0.3) is 28.2 Å². The van der Waals surface area contributed by atoms with Gasteiger partial charge >= 0.3 is 0 Å². The summed E-state index contributed by atoms with van der Waals surface area (Å²) in [6.07, 6.45) is 3.81. The van der Waals surface area contributed by atoms with Crippen LogP contribution in [0.4, 0.5) is 17.2 Å². The molecule has 1 saturated carbocycles. The molecular weight excluding hydrogens is 478 g/mol. The third kappa shape index (κ3) is 4.94. The van der Waals surface area contributed by atoms with Crippen molar-refractivity contribution in [3.63, 3.8) is 0 Å². The van der Waals surface area contributed by atoms with Crippen LogP contribution >= 0.6 is 0 Å². The van der Waals surface area contributed by atoms with Gasteiger partial charge in [-0.05, 0) is 61.4 Å². The van der Waals surface area contributed by atoms with E-state index in [9.17, 15) is 9.59 Å². The van der Waals surface area contributed by atoms with Gasteiger partial charge in [-0.3, -0.25) is 14.2 Å². The van der Waals surface area contributed by atoms with Gasteiger partial charge in [0, 0.05) is 41.2 Å². The first kappa shape index (κ1) is 23.4. The van der Waals surface area contributed by atoms with Crippen LogP contribution in [0.3, 0.4) is 0 Å². The van der Waals surface area contributed by atoms with E-state index in [1.807, 2.05) is 71.3 Å². The van der Waals surface area contributed by atoms with Crippen LogP contribution in [-0.4, -0.2) is 37.4 Å². The Balaban J connectivity index is 1.39. The van der Waals surface area contributed by atoms with Gasteiger partial charge < -0.3 is 16.0 Å². The van der Waals surface area contributed by atoms with Gasteiger partial charge in [0.15, 0.2) is 22.8 Å². The van der Waals surface area contributed by atoms with Crippen molar-refractivity contribution in [1.29, 1.82) is 0 Å². The van der Waals surface area contributed by atoms with E-state index >= 15 is 0 Å². The van der Waals surface area contributed by atoms with Crippen LogP contribution in [0.1, 0.15) is 30.1 Å². The summed E-state index contributed by atoms with van der Waals surface area (Å²) >= 11 is 0. The Bertz CT molecular complexity index is 1620. The number of amides is 2. The number of nitrogens with one attached hydrogen (secondary N) is 3. The summed E-state index contributed by atoms with van der Waals surface area (Å²) in [4.78, 5) is 38.1. The number of aromatic nitrogens is 4. The topological polar surface area (TPSA) is 114 Å². The predicted octanol–water partition coefficient (Wildman–Crippen LogP) is 5.08. The Kier molecular flexibility index (Phi) is 6.01. The quantitative estimate of drug-likeness (QED) is 0.286. The molecule has 2 aromatic heterocycles. The van der Waals surface area contributed by atoms with E-state index in [-0.39, 0.29) is 11.8 Å². The lowest BCUT2D eigenvalue weighted by Gasteiger charge is -2.11. The van der Waals surface area contributed by atoms with Crippen molar-refractivity contribution in [2.45, 2.75) is 25.8 Å². The van der Waals surface area contributed by atoms with Gasteiger partial charge in [0.25, 0.3) is 5.91 Å². The zero-order valence-corrected chi connectivity index (χ0v) is 20.7. The van der Waals surface area contributed by atoms with E-state index in [1.54, 1.807) is 18.5 Å². The molecule has 0 radical (unpaired) electrons. The molecule has 2 amide bonds. The number of imidazole rings is 1.